The average Bonchev–Trinajstić information content (AvgIpc) is 2.40. The molecule has 8 heteroatoms. The molecular formula is C11H12ClN5O2. The van der Waals surface area contributed by atoms with Crippen LogP contribution in [0.1, 0.15) is 0 Å². The summed E-state index contributed by atoms with van der Waals surface area (Å²) in [6.45, 7) is 0. The molecule has 0 fully saturated rings. The molecule has 3 N–H and O–H groups in total. The van der Waals surface area contributed by atoms with Crippen molar-refractivity contribution in [3.8, 4) is 11.8 Å². The van der Waals surface area contributed by atoms with Gasteiger partial charge >= 0.3 is 6.01 Å². The maximum atomic E-state index is 5.94. The molecule has 0 bridgehead atoms. The first-order chi connectivity index (χ1) is 9.12. The van der Waals surface area contributed by atoms with Crippen LogP contribution in [0.15, 0.2) is 18.2 Å². The Bertz CT molecular complexity index is 593. The Labute approximate surface area is 114 Å². The number of nitrogen functional groups attached to an aromatic ring is 1. The van der Waals surface area contributed by atoms with Crippen LogP contribution in [-0.4, -0.2) is 29.2 Å². The second-order valence-corrected chi connectivity index (χ2v) is 3.89. The van der Waals surface area contributed by atoms with Gasteiger partial charge in [-0.1, -0.05) is 11.6 Å². The third kappa shape index (κ3) is 3.14. The third-order valence-corrected chi connectivity index (χ3v) is 2.53. The predicted octanol–water partition coefficient (Wildman–Crippen LogP) is 1.87. The summed E-state index contributed by atoms with van der Waals surface area (Å²) in [7, 11) is 2.98. The number of ether oxygens (including phenoxy) is 2. The molecular weight excluding hydrogens is 270 g/mol. The first-order valence-electron chi connectivity index (χ1n) is 5.28. The summed E-state index contributed by atoms with van der Waals surface area (Å²) in [6, 6.07) is 5.31. The number of anilines is 3. The summed E-state index contributed by atoms with van der Waals surface area (Å²) in [5.74, 6) is 0.879. The maximum absolute atomic E-state index is 5.94. The Balaban J connectivity index is 2.28. The average molecular weight is 282 g/mol. The molecule has 2 aromatic rings. The highest BCUT2D eigenvalue weighted by Gasteiger charge is 2.07. The number of benzene rings is 1. The topological polar surface area (TPSA) is 95.2 Å². The highest BCUT2D eigenvalue weighted by molar-refractivity contribution is 6.32. The van der Waals surface area contributed by atoms with Crippen LogP contribution in [0.25, 0.3) is 0 Å². The molecule has 2 rings (SSSR count). The zero-order valence-corrected chi connectivity index (χ0v) is 11.1. The highest BCUT2D eigenvalue weighted by Crippen LogP contribution is 2.28. The monoisotopic (exact) mass is 281 g/mol. The lowest BCUT2D eigenvalue weighted by Gasteiger charge is -2.08. The normalized spacial score (nSPS) is 10.1. The van der Waals surface area contributed by atoms with Crippen LogP contribution in [-0.2, 0) is 0 Å². The summed E-state index contributed by atoms with van der Waals surface area (Å²) in [6.07, 6.45) is 0. The van der Waals surface area contributed by atoms with E-state index in [9.17, 15) is 0 Å². The van der Waals surface area contributed by atoms with Gasteiger partial charge in [-0.15, -0.1) is 0 Å². The van der Waals surface area contributed by atoms with Gasteiger partial charge in [-0.2, -0.15) is 15.0 Å². The van der Waals surface area contributed by atoms with Crippen LogP contribution in [0.4, 0.5) is 17.6 Å². The molecule has 1 aromatic heterocycles. The van der Waals surface area contributed by atoms with Crippen molar-refractivity contribution in [2.24, 2.45) is 0 Å². The molecule has 0 amide bonds. The Morgan fingerprint density at radius 1 is 1.16 bits per heavy atom. The van der Waals surface area contributed by atoms with Crippen molar-refractivity contribution in [3.05, 3.63) is 23.2 Å². The zero-order valence-electron chi connectivity index (χ0n) is 10.3. The van der Waals surface area contributed by atoms with E-state index in [1.54, 1.807) is 18.2 Å². The van der Waals surface area contributed by atoms with Crippen molar-refractivity contribution in [1.82, 2.24) is 15.0 Å². The summed E-state index contributed by atoms with van der Waals surface area (Å²) in [5, 5.41) is 3.48. The van der Waals surface area contributed by atoms with E-state index in [2.05, 4.69) is 20.3 Å². The fourth-order valence-electron chi connectivity index (χ4n) is 1.39. The largest absolute Gasteiger partial charge is 0.495 e. The van der Waals surface area contributed by atoms with Crippen LogP contribution in [0.5, 0.6) is 11.8 Å². The van der Waals surface area contributed by atoms with Crippen LogP contribution in [0.3, 0.4) is 0 Å². The molecule has 0 unspecified atom stereocenters. The lowest BCUT2D eigenvalue weighted by atomic mass is 10.3. The van der Waals surface area contributed by atoms with E-state index in [1.165, 1.54) is 14.2 Å². The Kier molecular flexibility index (Phi) is 3.86. The molecule has 0 spiro atoms. The molecule has 1 aromatic carbocycles. The third-order valence-electron chi connectivity index (χ3n) is 2.22. The molecule has 0 aliphatic rings. The minimum Gasteiger partial charge on any atom is -0.495 e. The standard InChI is InChI=1S/C11H12ClN5O2/c1-18-8-5-6(3-4-7(8)12)14-10-15-9(13)16-11(17-10)19-2/h3-5H,1-2H3,(H3,13,14,15,16,17). The summed E-state index contributed by atoms with van der Waals surface area (Å²) in [4.78, 5) is 11.8. The van der Waals surface area contributed by atoms with Gasteiger partial charge in [-0.05, 0) is 12.1 Å². The number of rotatable bonds is 4. The molecule has 19 heavy (non-hydrogen) atoms. The number of methoxy groups -OCH3 is 2. The summed E-state index contributed by atoms with van der Waals surface area (Å²) >= 11 is 5.94. The number of nitrogens with two attached hydrogens (primary N) is 1. The SMILES string of the molecule is COc1nc(N)nc(Nc2ccc(Cl)c(OC)c2)n1. The fraction of sp³-hybridized carbons (Fsp3) is 0.182. The van der Waals surface area contributed by atoms with Crippen LogP contribution in [0.2, 0.25) is 5.02 Å². The molecule has 0 aliphatic heterocycles. The van der Waals surface area contributed by atoms with E-state index < -0.39 is 0 Å². The number of halogens is 1. The molecule has 0 saturated heterocycles. The second kappa shape index (κ2) is 5.57. The lowest BCUT2D eigenvalue weighted by molar-refractivity contribution is 0.380. The van der Waals surface area contributed by atoms with Gasteiger partial charge in [-0.3, -0.25) is 0 Å². The van der Waals surface area contributed by atoms with E-state index in [4.69, 9.17) is 26.8 Å². The number of hydrogen-bond donors (Lipinski definition) is 2. The minimum absolute atomic E-state index is 0.0651. The van der Waals surface area contributed by atoms with Gasteiger partial charge in [0.05, 0.1) is 19.2 Å². The van der Waals surface area contributed by atoms with Gasteiger partial charge in [0, 0.05) is 11.8 Å². The van der Waals surface area contributed by atoms with Crippen molar-refractivity contribution >= 4 is 29.2 Å². The Morgan fingerprint density at radius 3 is 2.63 bits per heavy atom. The van der Waals surface area contributed by atoms with E-state index >= 15 is 0 Å². The van der Waals surface area contributed by atoms with Crippen LogP contribution < -0.4 is 20.5 Å². The summed E-state index contributed by atoms with van der Waals surface area (Å²) in [5.41, 5.74) is 6.24. The van der Waals surface area contributed by atoms with Crippen molar-refractivity contribution < 1.29 is 9.47 Å². The zero-order chi connectivity index (χ0) is 13.8. The van der Waals surface area contributed by atoms with Crippen molar-refractivity contribution in [2.75, 3.05) is 25.3 Å². The van der Waals surface area contributed by atoms with Crippen LogP contribution >= 0.6 is 11.6 Å². The van der Waals surface area contributed by atoms with Gasteiger partial charge < -0.3 is 20.5 Å². The van der Waals surface area contributed by atoms with E-state index in [1.807, 2.05) is 0 Å². The van der Waals surface area contributed by atoms with Gasteiger partial charge in [0.1, 0.15) is 5.75 Å². The van der Waals surface area contributed by atoms with Crippen molar-refractivity contribution in [3.63, 3.8) is 0 Å². The second-order valence-electron chi connectivity index (χ2n) is 3.48. The maximum Gasteiger partial charge on any atom is 0.322 e. The molecule has 0 radical (unpaired) electrons. The minimum atomic E-state index is 0.0651. The van der Waals surface area contributed by atoms with E-state index in [0.29, 0.717) is 16.5 Å². The molecule has 0 saturated carbocycles. The van der Waals surface area contributed by atoms with E-state index in [-0.39, 0.29) is 17.9 Å². The molecule has 100 valence electrons. The Hall–Kier alpha value is -2.28. The first kappa shape index (κ1) is 13.2. The Morgan fingerprint density at radius 2 is 1.95 bits per heavy atom. The van der Waals surface area contributed by atoms with E-state index in [0.717, 1.165) is 0 Å². The lowest BCUT2D eigenvalue weighted by Crippen LogP contribution is -2.05. The quantitative estimate of drug-likeness (QED) is 0.883. The van der Waals surface area contributed by atoms with Crippen molar-refractivity contribution in [1.29, 1.82) is 0 Å². The predicted molar refractivity (Wildman–Crippen MR) is 72.1 cm³/mol. The van der Waals surface area contributed by atoms with Gasteiger partial charge in [0.15, 0.2) is 0 Å². The van der Waals surface area contributed by atoms with Gasteiger partial charge in [-0.25, -0.2) is 0 Å². The number of hydrogen-bond acceptors (Lipinski definition) is 7. The van der Waals surface area contributed by atoms with Gasteiger partial charge in [0.2, 0.25) is 11.9 Å². The number of nitrogens with zero attached hydrogens (tertiary/aromatic N) is 3. The number of aromatic nitrogens is 3. The molecule has 0 atom stereocenters. The molecule has 1 heterocycles. The highest BCUT2D eigenvalue weighted by atomic mass is 35.5. The fourth-order valence-corrected chi connectivity index (χ4v) is 1.58. The van der Waals surface area contributed by atoms with Gasteiger partial charge in [0.25, 0.3) is 0 Å². The van der Waals surface area contributed by atoms with Crippen LogP contribution in [0, 0.1) is 0 Å². The number of nitrogens with one attached hydrogen (secondary N) is 1. The molecule has 0 aliphatic carbocycles. The molecule has 7 nitrogen and oxygen atoms in total. The smallest absolute Gasteiger partial charge is 0.322 e. The first-order valence-corrected chi connectivity index (χ1v) is 5.66. The summed E-state index contributed by atoms with van der Waals surface area (Å²) < 4.78 is 10.0. The van der Waals surface area contributed by atoms with Crippen molar-refractivity contribution in [2.45, 2.75) is 0 Å².